The Morgan fingerprint density at radius 3 is 2.49 bits per heavy atom. The van der Waals surface area contributed by atoms with E-state index < -0.39 is 10.0 Å². The molecule has 12 nitrogen and oxygen atoms in total. The van der Waals surface area contributed by atoms with Crippen LogP contribution in [0.1, 0.15) is 38.2 Å². The first-order valence-electron chi connectivity index (χ1n) is 15.1. The number of aryl methyl sites for hydroxylation is 1. The molecule has 2 fully saturated rings. The summed E-state index contributed by atoms with van der Waals surface area (Å²) < 4.78 is 33.5. The molecule has 0 saturated carbocycles. The van der Waals surface area contributed by atoms with Crippen LogP contribution in [0.5, 0.6) is 5.75 Å². The second-order valence-electron chi connectivity index (χ2n) is 11.7. The van der Waals surface area contributed by atoms with Crippen LogP contribution in [0.15, 0.2) is 47.3 Å². The Kier molecular flexibility index (Phi) is 8.98. The van der Waals surface area contributed by atoms with Crippen LogP contribution < -0.4 is 30.3 Å². The second kappa shape index (κ2) is 12.9. The molecule has 14 heteroatoms. The van der Waals surface area contributed by atoms with Crippen molar-refractivity contribution in [2.24, 2.45) is 5.41 Å². The molecule has 45 heavy (non-hydrogen) atoms. The molecule has 2 aromatic carbocycles. The van der Waals surface area contributed by atoms with Gasteiger partial charge in [0.15, 0.2) is 0 Å². The average Bonchev–Trinajstić information content (AvgIpc) is 3.04. The number of nitrogens with zero attached hydrogens (tertiary/aromatic N) is 5. The number of rotatable bonds is 9. The number of anilines is 6. The summed E-state index contributed by atoms with van der Waals surface area (Å²) in [6.45, 7) is 6.51. The van der Waals surface area contributed by atoms with Crippen LogP contribution in [0.4, 0.5) is 34.5 Å². The maximum atomic E-state index is 12.2. The standard InChI is InChI=1S/C31H38BrN9O3S/c1-4-20-17-24(26(44-2)18-25(20)41-15-9-31(10-16-41)7-11-33-12-8-31)38-30-36-19-21(32)29(39-30)37-23-6-5-22-27(35-14-13-34-22)28(23)40-45(3,42)43/h5-6,13-14,17-19,33,40H,4,7-12,15-16H2,1-3H3,(H2,36,37,38,39). The van der Waals surface area contributed by atoms with Gasteiger partial charge < -0.3 is 25.6 Å². The zero-order valence-corrected chi connectivity index (χ0v) is 28.1. The van der Waals surface area contributed by atoms with Crippen LogP contribution in [0.25, 0.3) is 11.0 Å². The zero-order valence-electron chi connectivity index (χ0n) is 25.7. The van der Waals surface area contributed by atoms with Crippen LogP contribution in [-0.2, 0) is 16.4 Å². The molecule has 2 aliphatic rings. The summed E-state index contributed by atoms with van der Waals surface area (Å²) in [4.78, 5) is 20.4. The minimum absolute atomic E-state index is 0.275. The SMILES string of the molecule is CCc1cc(Nc2ncc(Br)c(Nc3ccc4nccnc4c3NS(C)(=O)=O)n2)c(OC)cc1N1CCC2(CCNCC2)CC1. The Bertz CT molecular complexity index is 1810. The fourth-order valence-electron chi connectivity index (χ4n) is 6.33. The van der Waals surface area contributed by atoms with Crippen molar-refractivity contribution in [3.05, 3.63) is 52.9 Å². The van der Waals surface area contributed by atoms with Crippen LogP contribution in [-0.4, -0.2) is 67.9 Å². The molecule has 2 aromatic heterocycles. The van der Waals surface area contributed by atoms with Crippen molar-refractivity contribution in [3.63, 3.8) is 0 Å². The summed E-state index contributed by atoms with van der Waals surface area (Å²) in [6.07, 6.45) is 11.6. The lowest BCUT2D eigenvalue weighted by atomic mass is 9.71. The molecule has 2 aliphatic heterocycles. The van der Waals surface area contributed by atoms with Gasteiger partial charge >= 0.3 is 0 Å². The van der Waals surface area contributed by atoms with Crippen molar-refractivity contribution in [3.8, 4) is 5.75 Å². The molecule has 238 valence electrons. The Balaban J connectivity index is 1.26. The molecule has 0 radical (unpaired) electrons. The smallest absolute Gasteiger partial charge is 0.229 e. The Labute approximate surface area is 272 Å². The third-order valence-electron chi connectivity index (χ3n) is 8.78. The lowest BCUT2D eigenvalue weighted by Gasteiger charge is -2.45. The van der Waals surface area contributed by atoms with E-state index in [0.29, 0.717) is 44.1 Å². The third kappa shape index (κ3) is 6.92. The van der Waals surface area contributed by atoms with Crippen LogP contribution in [0.2, 0.25) is 0 Å². The molecule has 0 aliphatic carbocycles. The number of sulfonamides is 1. The molecule has 0 atom stereocenters. The first-order valence-corrected chi connectivity index (χ1v) is 17.8. The van der Waals surface area contributed by atoms with Gasteiger partial charge in [0.05, 0.1) is 40.4 Å². The highest BCUT2D eigenvalue weighted by molar-refractivity contribution is 9.10. The van der Waals surface area contributed by atoms with E-state index in [-0.39, 0.29) is 5.69 Å². The summed E-state index contributed by atoms with van der Waals surface area (Å²) in [7, 11) is -1.94. The summed E-state index contributed by atoms with van der Waals surface area (Å²) in [5.74, 6) is 1.48. The van der Waals surface area contributed by atoms with Crippen molar-refractivity contribution in [1.82, 2.24) is 25.3 Å². The van der Waals surface area contributed by atoms with E-state index in [4.69, 9.17) is 9.72 Å². The van der Waals surface area contributed by atoms with E-state index in [1.54, 1.807) is 31.6 Å². The first-order chi connectivity index (χ1) is 21.7. The van der Waals surface area contributed by atoms with Crippen LogP contribution in [0, 0.1) is 5.41 Å². The Hall–Kier alpha value is -3.75. The third-order valence-corrected chi connectivity index (χ3v) is 9.94. The molecule has 0 bridgehead atoms. The van der Waals surface area contributed by atoms with Crippen molar-refractivity contribution in [2.75, 3.05) is 59.8 Å². The van der Waals surface area contributed by atoms with Gasteiger partial charge in [-0.15, -0.1) is 0 Å². The van der Waals surface area contributed by atoms with Gasteiger partial charge in [0.2, 0.25) is 16.0 Å². The number of methoxy groups -OCH3 is 1. The number of hydrogen-bond acceptors (Lipinski definition) is 11. The highest BCUT2D eigenvalue weighted by Crippen LogP contribution is 2.43. The summed E-state index contributed by atoms with van der Waals surface area (Å²) >= 11 is 3.52. The number of ether oxygens (including phenoxy) is 1. The fraction of sp³-hybridized carbons (Fsp3) is 0.419. The minimum atomic E-state index is -3.61. The van der Waals surface area contributed by atoms with Crippen molar-refractivity contribution in [1.29, 1.82) is 0 Å². The largest absolute Gasteiger partial charge is 0.494 e. The van der Waals surface area contributed by atoms with Gasteiger partial charge in [0.1, 0.15) is 17.1 Å². The van der Waals surface area contributed by atoms with Gasteiger partial charge in [-0.2, -0.15) is 4.98 Å². The predicted molar refractivity (Wildman–Crippen MR) is 183 cm³/mol. The van der Waals surface area contributed by atoms with E-state index in [1.807, 2.05) is 0 Å². The molecule has 0 amide bonds. The van der Waals surface area contributed by atoms with Crippen molar-refractivity contribution >= 4 is 71.5 Å². The summed E-state index contributed by atoms with van der Waals surface area (Å²) in [5.41, 5.74) is 5.38. The van der Waals surface area contributed by atoms with E-state index in [0.717, 1.165) is 44.5 Å². The van der Waals surface area contributed by atoms with Crippen molar-refractivity contribution in [2.45, 2.75) is 39.0 Å². The van der Waals surface area contributed by atoms with E-state index in [2.05, 4.69) is 75.5 Å². The Morgan fingerprint density at radius 1 is 1.02 bits per heavy atom. The molecule has 6 rings (SSSR count). The fourth-order valence-corrected chi connectivity index (χ4v) is 7.20. The van der Waals surface area contributed by atoms with Gasteiger partial charge in [0, 0.05) is 43.4 Å². The lowest BCUT2D eigenvalue weighted by Crippen LogP contribution is -2.45. The molecule has 4 heterocycles. The maximum absolute atomic E-state index is 12.2. The number of benzene rings is 2. The highest BCUT2D eigenvalue weighted by Gasteiger charge is 2.36. The van der Waals surface area contributed by atoms with Gasteiger partial charge in [-0.05, 0) is 90.3 Å². The van der Waals surface area contributed by atoms with Crippen LogP contribution in [0.3, 0.4) is 0 Å². The summed E-state index contributed by atoms with van der Waals surface area (Å²) in [5, 5.41) is 10.1. The zero-order chi connectivity index (χ0) is 31.6. The number of fused-ring (bicyclic) bond motifs is 1. The quantitative estimate of drug-likeness (QED) is 0.174. The minimum Gasteiger partial charge on any atom is -0.494 e. The lowest BCUT2D eigenvalue weighted by molar-refractivity contribution is 0.155. The average molecular weight is 697 g/mol. The molecular weight excluding hydrogens is 658 g/mol. The topological polar surface area (TPSA) is 146 Å². The molecule has 1 spiro atoms. The molecule has 4 aromatic rings. The van der Waals surface area contributed by atoms with Gasteiger partial charge in [0.25, 0.3) is 0 Å². The van der Waals surface area contributed by atoms with E-state index in [9.17, 15) is 8.42 Å². The molecule has 0 unspecified atom stereocenters. The monoisotopic (exact) mass is 695 g/mol. The van der Waals surface area contributed by atoms with Gasteiger partial charge in [-0.3, -0.25) is 14.7 Å². The second-order valence-corrected chi connectivity index (χ2v) is 14.3. The van der Waals surface area contributed by atoms with E-state index >= 15 is 0 Å². The Morgan fingerprint density at radius 2 is 1.78 bits per heavy atom. The summed E-state index contributed by atoms with van der Waals surface area (Å²) in [6, 6.07) is 7.74. The normalized spacial score (nSPS) is 16.5. The van der Waals surface area contributed by atoms with E-state index in [1.165, 1.54) is 43.1 Å². The van der Waals surface area contributed by atoms with Crippen molar-refractivity contribution < 1.29 is 13.2 Å². The number of aromatic nitrogens is 4. The maximum Gasteiger partial charge on any atom is 0.229 e. The molecule has 2 saturated heterocycles. The number of piperidine rings is 2. The molecular formula is C31H38BrN9O3S. The van der Waals surface area contributed by atoms with Gasteiger partial charge in [-0.25, -0.2) is 13.4 Å². The van der Waals surface area contributed by atoms with Gasteiger partial charge in [-0.1, -0.05) is 6.92 Å². The molecule has 4 N–H and O–H groups in total. The van der Waals surface area contributed by atoms with Crippen LogP contribution >= 0.6 is 15.9 Å². The number of hydrogen-bond donors (Lipinski definition) is 4. The number of nitrogens with one attached hydrogen (secondary N) is 4. The predicted octanol–water partition coefficient (Wildman–Crippen LogP) is 5.58. The first kappa shape index (κ1) is 31.2. The highest BCUT2D eigenvalue weighted by atomic mass is 79.9. The number of halogens is 1.